The Morgan fingerprint density at radius 1 is 0.558 bits per heavy atom. The molecule has 0 bridgehead atoms. The van der Waals surface area contributed by atoms with E-state index in [4.69, 9.17) is 0 Å². The Balaban J connectivity index is 1.34. The van der Waals surface area contributed by atoms with Crippen molar-refractivity contribution < 1.29 is 27.6 Å². The highest BCUT2D eigenvalue weighted by Crippen LogP contribution is 2.32. The molecule has 6 rings (SSSR count). The molecule has 43 heavy (non-hydrogen) atoms. The number of amides is 4. The van der Waals surface area contributed by atoms with Gasteiger partial charge in [0.2, 0.25) is 10.0 Å². The predicted octanol–water partition coefficient (Wildman–Crippen LogP) is 3.49. The molecule has 0 aromatic heterocycles. The summed E-state index contributed by atoms with van der Waals surface area (Å²) in [6.45, 7) is -0.885. The van der Waals surface area contributed by atoms with Gasteiger partial charge in [-0.05, 0) is 36.4 Å². The van der Waals surface area contributed by atoms with Crippen LogP contribution >= 0.6 is 0 Å². The van der Waals surface area contributed by atoms with Gasteiger partial charge in [0.15, 0.2) is 0 Å². The maximum Gasteiger partial charge on any atom is 0.261 e. The van der Waals surface area contributed by atoms with Gasteiger partial charge in [-0.25, -0.2) is 8.42 Å². The molecule has 2 aliphatic rings. The molecule has 4 amide bonds. The van der Waals surface area contributed by atoms with E-state index in [0.29, 0.717) is 5.39 Å². The lowest BCUT2D eigenvalue weighted by molar-refractivity contribution is 0.0644. The second kappa shape index (κ2) is 10.8. The van der Waals surface area contributed by atoms with E-state index in [-0.39, 0.29) is 53.3 Å². The molecule has 11 heteroatoms. The van der Waals surface area contributed by atoms with Crippen LogP contribution in [-0.4, -0.2) is 86.4 Å². The zero-order valence-corrected chi connectivity index (χ0v) is 24.4. The van der Waals surface area contributed by atoms with Gasteiger partial charge >= 0.3 is 0 Å². The number of imide groups is 2. The van der Waals surface area contributed by atoms with Gasteiger partial charge in [0.25, 0.3) is 23.6 Å². The van der Waals surface area contributed by atoms with Gasteiger partial charge in [-0.1, -0.05) is 48.5 Å². The van der Waals surface area contributed by atoms with Crippen LogP contribution in [0.2, 0.25) is 0 Å². The molecule has 0 saturated carbocycles. The van der Waals surface area contributed by atoms with E-state index < -0.39 is 33.7 Å². The molecule has 4 aromatic carbocycles. The third-order valence-electron chi connectivity index (χ3n) is 7.86. The molecule has 0 spiro atoms. The first-order valence-electron chi connectivity index (χ1n) is 13.7. The van der Waals surface area contributed by atoms with E-state index in [1.807, 2.05) is 31.1 Å². The van der Waals surface area contributed by atoms with E-state index in [2.05, 4.69) is 0 Å². The summed E-state index contributed by atoms with van der Waals surface area (Å²) in [5, 5.41) is 1.23. The van der Waals surface area contributed by atoms with Crippen LogP contribution in [0, 0.1) is 0 Å². The Morgan fingerprint density at radius 2 is 0.977 bits per heavy atom. The third-order valence-corrected chi connectivity index (χ3v) is 9.82. The average molecular weight is 597 g/mol. The first-order chi connectivity index (χ1) is 20.6. The number of hydrogen-bond donors (Lipinski definition) is 0. The topological polar surface area (TPSA) is 115 Å². The number of benzene rings is 4. The normalized spacial score (nSPS) is 14.7. The maximum absolute atomic E-state index is 14.3. The third kappa shape index (κ3) is 4.66. The van der Waals surface area contributed by atoms with Crippen molar-refractivity contribution in [2.24, 2.45) is 0 Å². The minimum Gasteiger partial charge on any atom is -0.377 e. The highest BCUT2D eigenvalue weighted by molar-refractivity contribution is 7.89. The molecule has 4 aromatic rings. The van der Waals surface area contributed by atoms with Gasteiger partial charge in [-0.15, -0.1) is 0 Å². The number of carbonyl (C=O) groups excluding carboxylic acids is 4. The van der Waals surface area contributed by atoms with E-state index in [9.17, 15) is 27.6 Å². The molecule has 0 aliphatic carbocycles. The molecule has 0 atom stereocenters. The Kier molecular flexibility index (Phi) is 7.07. The fraction of sp³-hybridized carbons (Fsp3) is 0.188. The van der Waals surface area contributed by atoms with Crippen LogP contribution in [0.1, 0.15) is 41.4 Å². The highest BCUT2D eigenvalue weighted by Gasteiger charge is 2.38. The fourth-order valence-corrected chi connectivity index (χ4v) is 7.31. The molecular weight excluding hydrogens is 568 g/mol. The lowest BCUT2D eigenvalue weighted by Gasteiger charge is -2.27. The van der Waals surface area contributed by atoms with Crippen LogP contribution in [0.25, 0.3) is 10.8 Å². The summed E-state index contributed by atoms with van der Waals surface area (Å²) in [5.41, 5.74) is 1.88. The van der Waals surface area contributed by atoms with Crippen molar-refractivity contribution in [3.8, 4) is 0 Å². The number of fused-ring (bicyclic) bond motifs is 3. The Morgan fingerprint density at radius 3 is 1.42 bits per heavy atom. The van der Waals surface area contributed by atoms with Crippen molar-refractivity contribution in [1.82, 2.24) is 14.1 Å². The fourth-order valence-electron chi connectivity index (χ4n) is 5.68. The van der Waals surface area contributed by atoms with E-state index in [1.54, 1.807) is 66.7 Å². The largest absolute Gasteiger partial charge is 0.377 e. The van der Waals surface area contributed by atoms with E-state index in [0.717, 1.165) is 25.2 Å². The lowest BCUT2D eigenvalue weighted by atomic mass is 10.1. The molecule has 0 N–H and O–H groups in total. The zero-order chi connectivity index (χ0) is 30.5. The molecule has 2 aliphatic heterocycles. The Hall–Kier alpha value is -4.87. The van der Waals surface area contributed by atoms with Gasteiger partial charge in [-0.3, -0.25) is 29.0 Å². The quantitative estimate of drug-likeness (QED) is 0.272. The summed E-state index contributed by atoms with van der Waals surface area (Å²) < 4.78 is 29.8. The zero-order valence-electron chi connectivity index (χ0n) is 23.6. The second-order valence-electron chi connectivity index (χ2n) is 10.5. The van der Waals surface area contributed by atoms with E-state index in [1.165, 1.54) is 6.07 Å². The van der Waals surface area contributed by atoms with Crippen LogP contribution in [0.15, 0.2) is 89.8 Å². The first-order valence-corrected chi connectivity index (χ1v) is 15.1. The number of carbonyl (C=O) groups is 4. The van der Waals surface area contributed by atoms with Crippen molar-refractivity contribution in [3.63, 3.8) is 0 Å². The lowest BCUT2D eigenvalue weighted by Crippen LogP contribution is -2.45. The average Bonchev–Trinajstić information content (AvgIpc) is 3.40. The molecule has 2 heterocycles. The molecule has 218 valence electrons. The summed E-state index contributed by atoms with van der Waals surface area (Å²) in [6, 6.07) is 23.3. The van der Waals surface area contributed by atoms with Gasteiger partial charge in [0.05, 0.1) is 27.1 Å². The maximum atomic E-state index is 14.3. The van der Waals surface area contributed by atoms with Crippen molar-refractivity contribution >= 4 is 50.1 Å². The molecule has 10 nitrogen and oxygen atoms in total. The number of hydrogen-bond acceptors (Lipinski definition) is 7. The Labute approximate surface area is 248 Å². The van der Waals surface area contributed by atoms with Gasteiger partial charge < -0.3 is 4.90 Å². The van der Waals surface area contributed by atoms with Crippen molar-refractivity contribution in [2.45, 2.75) is 4.90 Å². The van der Waals surface area contributed by atoms with Crippen LogP contribution in [0.3, 0.4) is 0 Å². The smallest absolute Gasteiger partial charge is 0.261 e. The molecule has 0 radical (unpaired) electrons. The molecule has 0 saturated heterocycles. The van der Waals surface area contributed by atoms with Gasteiger partial charge in [0, 0.05) is 56.7 Å². The molecular formula is C32H28N4O6S. The van der Waals surface area contributed by atoms with Crippen LogP contribution < -0.4 is 4.90 Å². The number of rotatable bonds is 9. The summed E-state index contributed by atoms with van der Waals surface area (Å²) in [7, 11) is -0.507. The number of anilines is 1. The van der Waals surface area contributed by atoms with Gasteiger partial charge in [-0.2, -0.15) is 4.31 Å². The number of nitrogens with zero attached hydrogens (tertiary/aromatic N) is 4. The number of sulfonamides is 1. The predicted molar refractivity (Wildman–Crippen MR) is 161 cm³/mol. The van der Waals surface area contributed by atoms with Crippen LogP contribution in [0.5, 0.6) is 0 Å². The highest BCUT2D eigenvalue weighted by atomic mass is 32.2. The second-order valence-corrected chi connectivity index (χ2v) is 12.4. The molecule has 0 unspecified atom stereocenters. The first kappa shape index (κ1) is 28.3. The monoisotopic (exact) mass is 596 g/mol. The van der Waals surface area contributed by atoms with E-state index >= 15 is 0 Å². The standard InChI is InChI=1S/C32H28N4O6S/c1-33(2)27-15-7-14-22-21(27)13-8-16-28(22)43(41,42)34(17-19-35-29(37)23-9-3-4-10-24(23)30(35)38)18-20-36-31(39)25-11-5-6-12-26(25)32(36)40/h3-16H,17-20H2,1-2H3. The molecule has 0 fully saturated rings. The van der Waals surface area contributed by atoms with Gasteiger partial charge in [0.1, 0.15) is 0 Å². The van der Waals surface area contributed by atoms with Crippen molar-refractivity contribution in [1.29, 1.82) is 0 Å². The SMILES string of the molecule is CN(C)c1cccc2c(S(=O)(=O)N(CCN3C(=O)c4ccccc4C3=O)CCN3C(=O)c4ccccc4C3=O)cccc12. The van der Waals surface area contributed by atoms with Crippen molar-refractivity contribution in [3.05, 3.63) is 107 Å². The van der Waals surface area contributed by atoms with Crippen LogP contribution in [-0.2, 0) is 10.0 Å². The summed E-state index contributed by atoms with van der Waals surface area (Å²) >= 11 is 0. The summed E-state index contributed by atoms with van der Waals surface area (Å²) in [4.78, 5) is 56.1. The summed E-state index contributed by atoms with van der Waals surface area (Å²) in [5.74, 6) is -2.00. The van der Waals surface area contributed by atoms with Crippen molar-refractivity contribution in [2.75, 3.05) is 45.2 Å². The minimum atomic E-state index is -4.24. The Bertz CT molecular complexity index is 1790. The summed E-state index contributed by atoms with van der Waals surface area (Å²) in [6.07, 6.45) is 0. The minimum absolute atomic E-state index is 0.0402. The van der Waals surface area contributed by atoms with Crippen LogP contribution in [0.4, 0.5) is 5.69 Å².